The highest BCUT2D eigenvalue weighted by molar-refractivity contribution is 9.10. The molecule has 0 saturated carbocycles. The number of aromatic nitrogens is 1. The molecular formula is C9H10BrN3O4. The van der Waals surface area contributed by atoms with E-state index in [4.69, 9.17) is 5.11 Å². The zero-order valence-corrected chi connectivity index (χ0v) is 10.5. The minimum absolute atomic E-state index is 0.104. The van der Waals surface area contributed by atoms with Crippen molar-refractivity contribution in [3.63, 3.8) is 0 Å². The largest absolute Gasteiger partial charge is 0.394 e. The molecular weight excluding hydrogens is 294 g/mol. The van der Waals surface area contributed by atoms with E-state index in [2.05, 4.69) is 26.2 Å². The molecule has 0 spiro atoms. The van der Waals surface area contributed by atoms with Crippen LogP contribution in [0.4, 0.5) is 5.82 Å². The molecule has 1 atom stereocenters. The van der Waals surface area contributed by atoms with E-state index in [-0.39, 0.29) is 12.2 Å². The van der Waals surface area contributed by atoms with Crippen molar-refractivity contribution in [2.24, 2.45) is 0 Å². The van der Waals surface area contributed by atoms with E-state index in [1.807, 2.05) is 0 Å². The van der Waals surface area contributed by atoms with Crippen LogP contribution in [-0.2, 0) is 0 Å². The van der Waals surface area contributed by atoms with Crippen LogP contribution in [0.1, 0.15) is 17.3 Å². The Morgan fingerprint density at radius 1 is 1.76 bits per heavy atom. The second-order valence-electron chi connectivity index (χ2n) is 3.34. The molecule has 0 aromatic carbocycles. The highest BCUT2D eigenvalue weighted by Gasteiger charge is 2.18. The number of carbonyl (C=O) groups excluding carboxylic acids is 1. The summed E-state index contributed by atoms with van der Waals surface area (Å²) in [6.45, 7) is 1.40. The number of rotatable bonds is 4. The number of nitrogens with one attached hydrogen (secondary N) is 1. The first kappa shape index (κ1) is 13.5. The van der Waals surface area contributed by atoms with Crippen LogP contribution in [0, 0.1) is 10.1 Å². The quantitative estimate of drug-likeness (QED) is 0.634. The highest BCUT2D eigenvalue weighted by Crippen LogP contribution is 2.19. The molecule has 17 heavy (non-hydrogen) atoms. The van der Waals surface area contributed by atoms with Crippen LogP contribution < -0.4 is 5.32 Å². The number of hydrogen-bond donors (Lipinski definition) is 2. The first-order chi connectivity index (χ1) is 7.95. The van der Waals surface area contributed by atoms with Crippen molar-refractivity contribution in [3.05, 3.63) is 32.4 Å². The molecule has 2 N–H and O–H groups in total. The van der Waals surface area contributed by atoms with E-state index in [1.165, 1.54) is 6.20 Å². The van der Waals surface area contributed by atoms with E-state index in [0.29, 0.717) is 4.47 Å². The van der Waals surface area contributed by atoms with Crippen LogP contribution in [0.2, 0.25) is 0 Å². The van der Waals surface area contributed by atoms with Gasteiger partial charge in [0.05, 0.1) is 16.6 Å². The maximum absolute atomic E-state index is 11.7. The fourth-order valence-electron chi connectivity index (χ4n) is 1.05. The summed E-state index contributed by atoms with van der Waals surface area (Å²) in [4.78, 5) is 25.1. The standard InChI is InChI=1S/C9H10BrN3O4/c1-5(4-14)12-9(15)6-2-8(13(16)17)11-3-7(6)10/h2-3,5,14H,4H2,1H3,(H,12,15). The molecule has 1 rings (SSSR count). The minimum atomic E-state index is -0.682. The number of nitro groups is 1. The van der Waals surface area contributed by atoms with Gasteiger partial charge < -0.3 is 20.5 Å². The molecule has 0 bridgehead atoms. The van der Waals surface area contributed by atoms with E-state index >= 15 is 0 Å². The monoisotopic (exact) mass is 303 g/mol. The first-order valence-electron chi connectivity index (χ1n) is 4.67. The first-order valence-corrected chi connectivity index (χ1v) is 5.46. The minimum Gasteiger partial charge on any atom is -0.394 e. The SMILES string of the molecule is CC(CO)NC(=O)c1cc([N+](=O)[O-])ncc1Br. The Bertz CT molecular complexity index is 452. The van der Waals surface area contributed by atoms with Crippen LogP contribution in [0.5, 0.6) is 0 Å². The van der Waals surface area contributed by atoms with Gasteiger partial charge in [0.15, 0.2) is 6.20 Å². The third-order valence-corrected chi connectivity index (χ3v) is 2.56. The molecule has 1 aromatic rings. The van der Waals surface area contributed by atoms with Crippen LogP contribution in [0.15, 0.2) is 16.7 Å². The fraction of sp³-hybridized carbons (Fsp3) is 0.333. The predicted octanol–water partition coefficient (Wildman–Crippen LogP) is 0.863. The molecule has 0 fully saturated rings. The van der Waals surface area contributed by atoms with E-state index in [9.17, 15) is 14.9 Å². The molecule has 0 aliphatic rings. The molecule has 0 aliphatic carbocycles. The molecule has 1 amide bonds. The van der Waals surface area contributed by atoms with Gasteiger partial charge in [-0.1, -0.05) is 0 Å². The highest BCUT2D eigenvalue weighted by atomic mass is 79.9. The van der Waals surface area contributed by atoms with Crippen LogP contribution in [0.25, 0.3) is 0 Å². The van der Waals surface area contributed by atoms with E-state index < -0.39 is 22.7 Å². The van der Waals surface area contributed by atoms with Crippen molar-refractivity contribution in [2.75, 3.05) is 6.61 Å². The van der Waals surface area contributed by atoms with Gasteiger partial charge in [0.2, 0.25) is 0 Å². The Balaban J connectivity index is 3.00. The molecule has 0 radical (unpaired) electrons. The number of pyridine rings is 1. The van der Waals surface area contributed by atoms with E-state index in [1.54, 1.807) is 6.92 Å². The fourth-order valence-corrected chi connectivity index (χ4v) is 1.45. The van der Waals surface area contributed by atoms with Crippen molar-refractivity contribution in [1.82, 2.24) is 10.3 Å². The van der Waals surface area contributed by atoms with Crippen LogP contribution in [0.3, 0.4) is 0 Å². The number of halogens is 1. The number of hydrogen-bond acceptors (Lipinski definition) is 5. The van der Waals surface area contributed by atoms with Gasteiger partial charge in [-0.05, 0) is 32.8 Å². The summed E-state index contributed by atoms with van der Waals surface area (Å²) >= 11 is 3.08. The Hall–Kier alpha value is -1.54. The lowest BCUT2D eigenvalue weighted by Crippen LogP contribution is -2.35. The lowest BCUT2D eigenvalue weighted by atomic mass is 10.2. The Morgan fingerprint density at radius 2 is 2.41 bits per heavy atom. The normalized spacial score (nSPS) is 11.9. The lowest BCUT2D eigenvalue weighted by Gasteiger charge is -2.10. The molecule has 0 saturated heterocycles. The van der Waals surface area contributed by atoms with Gasteiger partial charge in [-0.2, -0.15) is 0 Å². The van der Waals surface area contributed by atoms with Gasteiger partial charge in [0.1, 0.15) is 0 Å². The predicted molar refractivity (Wildman–Crippen MR) is 62.6 cm³/mol. The second kappa shape index (κ2) is 5.69. The van der Waals surface area contributed by atoms with Crippen molar-refractivity contribution < 1.29 is 14.8 Å². The summed E-state index contributed by atoms with van der Waals surface area (Å²) in [5.41, 5.74) is 0.104. The lowest BCUT2D eigenvalue weighted by molar-refractivity contribution is -0.389. The van der Waals surface area contributed by atoms with Crippen molar-refractivity contribution >= 4 is 27.7 Å². The molecule has 1 aromatic heterocycles. The summed E-state index contributed by atoms with van der Waals surface area (Å²) < 4.78 is 0.353. The summed E-state index contributed by atoms with van der Waals surface area (Å²) in [7, 11) is 0. The number of carbonyl (C=O) groups is 1. The van der Waals surface area contributed by atoms with Crippen LogP contribution >= 0.6 is 15.9 Å². The second-order valence-corrected chi connectivity index (χ2v) is 4.19. The molecule has 92 valence electrons. The topological polar surface area (TPSA) is 105 Å². The maximum Gasteiger partial charge on any atom is 0.364 e. The zero-order chi connectivity index (χ0) is 13.0. The van der Waals surface area contributed by atoms with Gasteiger partial charge in [-0.15, -0.1) is 0 Å². The maximum atomic E-state index is 11.7. The zero-order valence-electron chi connectivity index (χ0n) is 8.88. The van der Waals surface area contributed by atoms with Gasteiger partial charge in [0, 0.05) is 12.1 Å². The van der Waals surface area contributed by atoms with Gasteiger partial charge in [-0.25, -0.2) is 0 Å². The number of aliphatic hydroxyl groups is 1. The Kier molecular flexibility index (Phi) is 4.53. The molecule has 0 aliphatic heterocycles. The summed E-state index contributed by atoms with van der Waals surface area (Å²) in [6.07, 6.45) is 1.19. The molecule has 1 unspecified atom stereocenters. The number of aliphatic hydroxyl groups excluding tert-OH is 1. The van der Waals surface area contributed by atoms with Crippen molar-refractivity contribution in [1.29, 1.82) is 0 Å². The number of amides is 1. The third-order valence-electron chi connectivity index (χ3n) is 1.92. The van der Waals surface area contributed by atoms with Gasteiger partial charge >= 0.3 is 5.82 Å². The molecule has 8 heteroatoms. The van der Waals surface area contributed by atoms with Crippen LogP contribution in [-0.4, -0.2) is 33.6 Å². The Labute approximate surface area is 105 Å². The van der Waals surface area contributed by atoms with Gasteiger partial charge in [-0.3, -0.25) is 4.79 Å². The summed E-state index contributed by atoms with van der Waals surface area (Å²) in [6, 6.07) is 0.644. The number of nitrogens with zero attached hydrogens (tertiary/aromatic N) is 2. The Morgan fingerprint density at radius 3 is 2.94 bits per heavy atom. The van der Waals surface area contributed by atoms with Crippen molar-refractivity contribution in [3.8, 4) is 0 Å². The molecule has 7 nitrogen and oxygen atoms in total. The third kappa shape index (κ3) is 3.46. The average molecular weight is 304 g/mol. The van der Waals surface area contributed by atoms with Crippen molar-refractivity contribution in [2.45, 2.75) is 13.0 Å². The summed E-state index contributed by atoms with van der Waals surface area (Å²) in [5, 5.41) is 21.8. The summed E-state index contributed by atoms with van der Waals surface area (Å²) in [5.74, 6) is -0.918. The smallest absolute Gasteiger partial charge is 0.364 e. The molecule has 1 heterocycles. The van der Waals surface area contributed by atoms with E-state index in [0.717, 1.165) is 6.07 Å². The van der Waals surface area contributed by atoms with Gasteiger partial charge in [0.25, 0.3) is 5.91 Å². The average Bonchev–Trinajstić information content (AvgIpc) is 2.28.